The minimum absolute atomic E-state index is 0.238. The minimum Gasteiger partial charge on any atom is -0.379 e. The van der Waals surface area contributed by atoms with Crippen LogP contribution in [0.3, 0.4) is 0 Å². The summed E-state index contributed by atoms with van der Waals surface area (Å²) in [6.07, 6.45) is 1.75. The average Bonchev–Trinajstić information content (AvgIpc) is 2.61. The van der Waals surface area contributed by atoms with E-state index in [1.807, 2.05) is 31.2 Å². The fraction of sp³-hybridized carbons (Fsp3) is 0.611. The van der Waals surface area contributed by atoms with Gasteiger partial charge in [0.2, 0.25) is 0 Å². The van der Waals surface area contributed by atoms with E-state index in [-0.39, 0.29) is 5.78 Å². The topological polar surface area (TPSA) is 93.5 Å². The fourth-order valence-corrected chi connectivity index (χ4v) is 2.09. The quantitative estimate of drug-likeness (QED) is 0.210. The highest BCUT2D eigenvalue weighted by atomic mass is 16.5. The Morgan fingerprint density at radius 1 is 1.00 bits per heavy atom. The maximum atomic E-state index is 11.9. The molecule has 0 spiro atoms. The molecule has 0 aliphatic rings. The van der Waals surface area contributed by atoms with Crippen molar-refractivity contribution in [2.45, 2.75) is 26.2 Å². The zero-order chi connectivity index (χ0) is 18.2. The number of azide groups is 1. The smallest absolute Gasteiger partial charge is 0.137 e. The Morgan fingerprint density at radius 3 is 2.24 bits per heavy atom. The molecule has 0 aliphatic carbocycles. The highest BCUT2D eigenvalue weighted by molar-refractivity contribution is 5.80. The zero-order valence-corrected chi connectivity index (χ0v) is 14.9. The number of benzene rings is 1. The van der Waals surface area contributed by atoms with Gasteiger partial charge in [-0.2, -0.15) is 0 Å². The van der Waals surface area contributed by atoms with Crippen LogP contribution in [-0.4, -0.2) is 52.0 Å². The first-order valence-electron chi connectivity index (χ1n) is 8.53. The molecular weight excluding hydrogens is 322 g/mol. The van der Waals surface area contributed by atoms with E-state index in [1.165, 1.54) is 5.56 Å². The zero-order valence-electron chi connectivity index (χ0n) is 14.9. The first kappa shape index (κ1) is 21.1. The molecule has 1 aromatic rings. The first-order chi connectivity index (χ1) is 12.2. The van der Waals surface area contributed by atoms with Gasteiger partial charge in [0.15, 0.2) is 0 Å². The lowest BCUT2D eigenvalue weighted by molar-refractivity contribution is -0.118. The molecule has 7 heteroatoms. The highest BCUT2D eigenvalue weighted by Gasteiger charge is 2.03. The van der Waals surface area contributed by atoms with Crippen molar-refractivity contribution in [3.8, 4) is 0 Å². The van der Waals surface area contributed by atoms with Gasteiger partial charge in [0.05, 0.1) is 33.0 Å². The summed E-state index contributed by atoms with van der Waals surface area (Å²) in [7, 11) is 0. The van der Waals surface area contributed by atoms with Crippen LogP contribution in [0.25, 0.3) is 10.4 Å². The van der Waals surface area contributed by atoms with E-state index in [2.05, 4.69) is 10.0 Å². The second-order valence-electron chi connectivity index (χ2n) is 5.60. The van der Waals surface area contributed by atoms with E-state index in [4.69, 9.17) is 19.7 Å². The van der Waals surface area contributed by atoms with Crippen LogP contribution in [0, 0.1) is 6.92 Å². The monoisotopic (exact) mass is 349 g/mol. The molecule has 0 atom stereocenters. The molecule has 0 unspecified atom stereocenters. The van der Waals surface area contributed by atoms with Gasteiger partial charge in [0, 0.05) is 30.9 Å². The Balaban J connectivity index is 1.87. The number of hydrogen-bond donors (Lipinski definition) is 0. The van der Waals surface area contributed by atoms with Gasteiger partial charge in [0.1, 0.15) is 5.78 Å². The van der Waals surface area contributed by atoms with E-state index in [1.54, 1.807) is 0 Å². The van der Waals surface area contributed by atoms with Crippen LogP contribution in [0.4, 0.5) is 0 Å². The summed E-state index contributed by atoms with van der Waals surface area (Å²) < 4.78 is 16.0. The molecule has 0 amide bonds. The Kier molecular flexibility index (Phi) is 12.2. The molecule has 0 bridgehead atoms. The number of ketones is 1. The number of nitrogens with zero attached hydrogens (tertiary/aromatic N) is 3. The van der Waals surface area contributed by atoms with Crippen molar-refractivity contribution < 1.29 is 19.0 Å². The third kappa shape index (κ3) is 12.1. The van der Waals surface area contributed by atoms with Crippen molar-refractivity contribution in [1.82, 2.24) is 0 Å². The summed E-state index contributed by atoms with van der Waals surface area (Å²) in [5.74, 6) is 0.238. The number of Topliss-reactive ketones (excluding diaryl/α,β-unsaturated/α-hetero) is 1. The molecule has 0 saturated carbocycles. The maximum absolute atomic E-state index is 11.9. The number of rotatable bonds is 15. The third-order valence-corrected chi connectivity index (χ3v) is 3.41. The van der Waals surface area contributed by atoms with Crippen molar-refractivity contribution in [3.63, 3.8) is 0 Å². The van der Waals surface area contributed by atoms with Crippen LogP contribution in [0.2, 0.25) is 0 Å². The molecule has 0 aliphatic heterocycles. The third-order valence-electron chi connectivity index (χ3n) is 3.41. The van der Waals surface area contributed by atoms with Gasteiger partial charge < -0.3 is 14.2 Å². The van der Waals surface area contributed by atoms with E-state index < -0.39 is 0 Å². The van der Waals surface area contributed by atoms with Crippen LogP contribution in [-0.2, 0) is 25.4 Å². The molecule has 0 heterocycles. The Hall–Kier alpha value is -1.92. The number of carbonyl (C=O) groups excluding carboxylic acids is 1. The normalized spacial score (nSPS) is 10.4. The van der Waals surface area contributed by atoms with Crippen LogP contribution in [0.1, 0.15) is 24.0 Å². The summed E-state index contributed by atoms with van der Waals surface area (Å²) in [5, 5.41) is 3.36. The van der Waals surface area contributed by atoms with Crippen molar-refractivity contribution in [3.05, 3.63) is 45.8 Å². The molecule has 0 N–H and O–H groups in total. The van der Waals surface area contributed by atoms with E-state index >= 15 is 0 Å². The van der Waals surface area contributed by atoms with Crippen LogP contribution >= 0.6 is 0 Å². The van der Waals surface area contributed by atoms with E-state index in [0.717, 1.165) is 12.0 Å². The second-order valence-corrected chi connectivity index (χ2v) is 5.60. The van der Waals surface area contributed by atoms with Crippen LogP contribution in [0.15, 0.2) is 29.4 Å². The molecule has 0 fully saturated rings. The molecule has 1 rings (SSSR count). The Labute approximate surface area is 148 Å². The van der Waals surface area contributed by atoms with Crippen molar-refractivity contribution in [2.75, 3.05) is 46.2 Å². The molecule has 0 aromatic heterocycles. The lowest BCUT2D eigenvalue weighted by Crippen LogP contribution is -2.11. The maximum Gasteiger partial charge on any atom is 0.137 e. The van der Waals surface area contributed by atoms with E-state index in [9.17, 15) is 4.79 Å². The van der Waals surface area contributed by atoms with Crippen LogP contribution in [0.5, 0.6) is 0 Å². The molecule has 0 radical (unpaired) electrons. The minimum atomic E-state index is 0.238. The lowest BCUT2D eigenvalue weighted by atomic mass is 10.0. The molecule has 0 saturated heterocycles. The summed E-state index contributed by atoms with van der Waals surface area (Å²) in [6, 6.07) is 8.05. The molecule has 138 valence electrons. The van der Waals surface area contributed by atoms with Gasteiger partial charge in [-0.05, 0) is 24.4 Å². The second kappa shape index (κ2) is 14.4. The summed E-state index contributed by atoms with van der Waals surface area (Å²) in [4.78, 5) is 14.5. The summed E-state index contributed by atoms with van der Waals surface area (Å²) in [5.41, 5.74) is 10.3. The number of ether oxygens (including phenoxy) is 3. The van der Waals surface area contributed by atoms with Crippen molar-refractivity contribution >= 4 is 5.78 Å². The van der Waals surface area contributed by atoms with Gasteiger partial charge in [-0.1, -0.05) is 34.9 Å². The van der Waals surface area contributed by atoms with Gasteiger partial charge in [-0.15, -0.1) is 0 Å². The number of aryl methyl sites for hydroxylation is 1. The van der Waals surface area contributed by atoms with Crippen LogP contribution < -0.4 is 0 Å². The molecule has 1 aromatic carbocycles. The summed E-state index contributed by atoms with van der Waals surface area (Å²) >= 11 is 0. The molecule has 7 nitrogen and oxygen atoms in total. The van der Waals surface area contributed by atoms with Crippen molar-refractivity contribution in [2.24, 2.45) is 5.11 Å². The fourth-order valence-electron chi connectivity index (χ4n) is 2.09. The predicted molar refractivity (Wildman–Crippen MR) is 95.6 cm³/mol. The number of carbonyl (C=O) groups is 1. The largest absolute Gasteiger partial charge is 0.379 e. The molecular formula is C18H27N3O4. The SMILES string of the molecule is Cc1ccc(CC(=O)CCCOCCOCCOCCN=[N+]=[N-])cc1. The predicted octanol–water partition coefficient (Wildman–Crippen LogP) is 3.25. The van der Waals surface area contributed by atoms with Crippen molar-refractivity contribution in [1.29, 1.82) is 0 Å². The molecule has 25 heavy (non-hydrogen) atoms. The first-order valence-corrected chi connectivity index (χ1v) is 8.53. The van der Waals surface area contributed by atoms with Gasteiger partial charge in [-0.25, -0.2) is 0 Å². The average molecular weight is 349 g/mol. The van der Waals surface area contributed by atoms with E-state index in [0.29, 0.717) is 59.0 Å². The Bertz CT molecular complexity index is 528. The Morgan fingerprint density at radius 2 is 1.60 bits per heavy atom. The summed E-state index contributed by atoms with van der Waals surface area (Å²) in [6.45, 7) is 5.28. The highest BCUT2D eigenvalue weighted by Crippen LogP contribution is 2.06. The van der Waals surface area contributed by atoms with Gasteiger partial charge >= 0.3 is 0 Å². The number of hydrogen-bond acceptors (Lipinski definition) is 5. The van der Waals surface area contributed by atoms with Gasteiger partial charge in [-0.3, -0.25) is 4.79 Å². The standard InChI is InChI=1S/C18H27N3O4/c1-16-4-6-17(7-5-16)15-18(22)3-2-9-23-11-13-25-14-12-24-10-8-20-21-19/h4-7H,2-3,8-15H2,1H3. The lowest BCUT2D eigenvalue weighted by Gasteiger charge is -2.06. The van der Waals surface area contributed by atoms with Gasteiger partial charge in [0.25, 0.3) is 0 Å².